The molecular weight excluding hydrogens is 192 g/mol. The van der Waals surface area contributed by atoms with Crippen molar-refractivity contribution < 1.29 is 9.59 Å². The third kappa shape index (κ3) is 6.23. The number of carbonyl (C=O) groups is 2. The summed E-state index contributed by atoms with van der Waals surface area (Å²) < 4.78 is 0. The second kappa shape index (κ2) is 8.41. The minimum absolute atomic E-state index is 0.280. The summed E-state index contributed by atoms with van der Waals surface area (Å²) in [7, 11) is 0. The van der Waals surface area contributed by atoms with Crippen molar-refractivity contribution in [3.8, 4) is 0 Å². The average molecular weight is 214 g/mol. The molecule has 0 fully saturated rings. The van der Waals surface area contributed by atoms with Crippen molar-refractivity contribution in [1.29, 1.82) is 0 Å². The first-order valence-electron chi connectivity index (χ1n) is 5.69. The first kappa shape index (κ1) is 14.1. The van der Waals surface area contributed by atoms with Gasteiger partial charge < -0.3 is 10.2 Å². The predicted octanol–water partition coefficient (Wildman–Crippen LogP) is 0.814. The minimum Gasteiger partial charge on any atom is -0.349 e. The number of amides is 1. The molecule has 0 aromatic heterocycles. The number of ketones is 1. The van der Waals surface area contributed by atoms with E-state index >= 15 is 0 Å². The van der Waals surface area contributed by atoms with Crippen molar-refractivity contribution in [1.82, 2.24) is 10.2 Å². The monoisotopic (exact) mass is 214 g/mol. The highest BCUT2D eigenvalue weighted by molar-refractivity contribution is 6.36. The maximum Gasteiger partial charge on any atom is 0.287 e. The SMILES string of the molecule is CCC(=O)C(=O)NCCCN(CC)CC. The van der Waals surface area contributed by atoms with E-state index in [1.165, 1.54) is 0 Å². The molecule has 88 valence electrons. The number of Topliss-reactive ketones (excluding diaryl/α,β-unsaturated/α-hetero) is 1. The standard InChI is InChI=1S/C11H22N2O2/c1-4-10(14)11(15)12-8-7-9-13(5-2)6-3/h4-9H2,1-3H3,(H,12,15). The molecule has 0 radical (unpaired) electrons. The molecule has 0 saturated heterocycles. The van der Waals surface area contributed by atoms with Gasteiger partial charge in [-0.2, -0.15) is 0 Å². The molecular formula is C11H22N2O2. The number of nitrogens with zero attached hydrogens (tertiary/aromatic N) is 1. The van der Waals surface area contributed by atoms with Crippen LogP contribution in [0.4, 0.5) is 0 Å². The zero-order valence-corrected chi connectivity index (χ0v) is 10.0. The predicted molar refractivity (Wildman–Crippen MR) is 60.7 cm³/mol. The summed E-state index contributed by atoms with van der Waals surface area (Å²) in [5, 5.41) is 2.62. The van der Waals surface area contributed by atoms with E-state index in [4.69, 9.17) is 0 Å². The van der Waals surface area contributed by atoms with Gasteiger partial charge in [0.05, 0.1) is 0 Å². The van der Waals surface area contributed by atoms with Gasteiger partial charge in [-0.3, -0.25) is 9.59 Å². The lowest BCUT2D eigenvalue weighted by Gasteiger charge is -2.17. The van der Waals surface area contributed by atoms with Crippen LogP contribution in [0, 0.1) is 0 Å². The molecule has 0 unspecified atom stereocenters. The van der Waals surface area contributed by atoms with Crippen LogP contribution in [0.3, 0.4) is 0 Å². The van der Waals surface area contributed by atoms with Gasteiger partial charge in [0, 0.05) is 13.0 Å². The van der Waals surface area contributed by atoms with Crippen LogP contribution in [0.1, 0.15) is 33.6 Å². The van der Waals surface area contributed by atoms with Gasteiger partial charge in [-0.15, -0.1) is 0 Å². The van der Waals surface area contributed by atoms with Gasteiger partial charge in [0.2, 0.25) is 5.78 Å². The van der Waals surface area contributed by atoms with Crippen LogP contribution < -0.4 is 5.32 Å². The molecule has 0 rings (SSSR count). The fourth-order valence-electron chi connectivity index (χ4n) is 1.30. The van der Waals surface area contributed by atoms with Crippen molar-refractivity contribution >= 4 is 11.7 Å². The van der Waals surface area contributed by atoms with Crippen molar-refractivity contribution in [3.63, 3.8) is 0 Å². The van der Waals surface area contributed by atoms with Crippen LogP contribution >= 0.6 is 0 Å². The fourth-order valence-corrected chi connectivity index (χ4v) is 1.30. The normalized spacial score (nSPS) is 10.4. The number of hydrogen-bond acceptors (Lipinski definition) is 3. The quantitative estimate of drug-likeness (QED) is 0.480. The molecule has 0 heterocycles. The topological polar surface area (TPSA) is 49.4 Å². The Bertz CT molecular complexity index is 201. The van der Waals surface area contributed by atoms with E-state index in [1.807, 2.05) is 0 Å². The Morgan fingerprint density at radius 1 is 1.13 bits per heavy atom. The third-order valence-corrected chi connectivity index (χ3v) is 2.41. The van der Waals surface area contributed by atoms with Gasteiger partial charge in [-0.05, 0) is 26.1 Å². The lowest BCUT2D eigenvalue weighted by Crippen LogP contribution is -2.33. The Morgan fingerprint density at radius 2 is 1.73 bits per heavy atom. The second-order valence-corrected chi connectivity index (χ2v) is 3.41. The molecule has 0 aliphatic rings. The summed E-state index contributed by atoms with van der Waals surface area (Å²) in [6, 6.07) is 0. The van der Waals surface area contributed by atoms with E-state index in [0.29, 0.717) is 6.54 Å². The Balaban J connectivity index is 3.54. The first-order valence-corrected chi connectivity index (χ1v) is 5.69. The highest BCUT2D eigenvalue weighted by Crippen LogP contribution is 1.89. The maximum absolute atomic E-state index is 11.1. The average Bonchev–Trinajstić information content (AvgIpc) is 2.27. The van der Waals surface area contributed by atoms with E-state index in [9.17, 15) is 9.59 Å². The molecule has 4 nitrogen and oxygen atoms in total. The summed E-state index contributed by atoms with van der Waals surface area (Å²) in [6.45, 7) is 9.52. The number of rotatable bonds is 8. The van der Waals surface area contributed by atoms with Crippen molar-refractivity contribution in [2.75, 3.05) is 26.2 Å². The molecule has 0 bridgehead atoms. The van der Waals surface area contributed by atoms with E-state index in [2.05, 4.69) is 24.1 Å². The zero-order chi connectivity index (χ0) is 11.7. The van der Waals surface area contributed by atoms with E-state index in [-0.39, 0.29) is 12.2 Å². The first-order chi connectivity index (χ1) is 7.15. The van der Waals surface area contributed by atoms with Crippen LogP contribution in [-0.2, 0) is 9.59 Å². The molecule has 1 N–H and O–H groups in total. The van der Waals surface area contributed by atoms with E-state index in [1.54, 1.807) is 6.92 Å². The van der Waals surface area contributed by atoms with Gasteiger partial charge >= 0.3 is 0 Å². The second-order valence-electron chi connectivity index (χ2n) is 3.41. The Hall–Kier alpha value is -0.900. The number of hydrogen-bond donors (Lipinski definition) is 1. The lowest BCUT2D eigenvalue weighted by molar-refractivity contribution is -0.137. The van der Waals surface area contributed by atoms with E-state index < -0.39 is 5.91 Å². The molecule has 0 aromatic rings. The van der Waals surface area contributed by atoms with Crippen LogP contribution in [0.25, 0.3) is 0 Å². The van der Waals surface area contributed by atoms with Crippen molar-refractivity contribution in [3.05, 3.63) is 0 Å². The molecule has 4 heteroatoms. The summed E-state index contributed by atoms with van der Waals surface area (Å²) in [5.74, 6) is -0.783. The summed E-state index contributed by atoms with van der Waals surface area (Å²) in [5.41, 5.74) is 0. The lowest BCUT2D eigenvalue weighted by atomic mass is 10.3. The maximum atomic E-state index is 11.1. The van der Waals surface area contributed by atoms with Crippen molar-refractivity contribution in [2.45, 2.75) is 33.6 Å². The number of nitrogens with one attached hydrogen (secondary N) is 1. The van der Waals surface area contributed by atoms with Gasteiger partial charge in [-0.25, -0.2) is 0 Å². The molecule has 1 amide bonds. The molecule has 15 heavy (non-hydrogen) atoms. The molecule has 0 aromatic carbocycles. The van der Waals surface area contributed by atoms with Crippen LogP contribution in [0.2, 0.25) is 0 Å². The molecule has 0 aliphatic heterocycles. The van der Waals surface area contributed by atoms with Gasteiger partial charge in [0.1, 0.15) is 0 Å². The van der Waals surface area contributed by atoms with Crippen LogP contribution in [0.15, 0.2) is 0 Å². The Kier molecular flexibility index (Phi) is 7.91. The molecule has 0 saturated carbocycles. The van der Waals surface area contributed by atoms with Crippen LogP contribution in [-0.4, -0.2) is 42.8 Å². The summed E-state index contributed by atoms with van der Waals surface area (Å²) >= 11 is 0. The highest BCUT2D eigenvalue weighted by atomic mass is 16.2. The largest absolute Gasteiger partial charge is 0.349 e. The van der Waals surface area contributed by atoms with Crippen LogP contribution in [0.5, 0.6) is 0 Å². The van der Waals surface area contributed by atoms with Gasteiger partial charge in [-0.1, -0.05) is 20.8 Å². The van der Waals surface area contributed by atoms with Gasteiger partial charge in [0.25, 0.3) is 5.91 Å². The van der Waals surface area contributed by atoms with E-state index in [0.717, 1.165) is 26.1 Å². The molecule has 0 atom stereocenters. The highest BCUT2D eigenvalue weighted by Gasteiger charge is 2.09. The number of carbonyl (C=O) groups excluding carboxylic acids is 2. The minimum atomic E-state index is -0.447. The van der Waals surface area contributed by atoms with Gasteiger partial charge in [0.15, 0.2) is 0 Å². The molecule has 0 spiro atoms. The fraction of sp³-hybridized carbons (Fsp3) is 0.818. The van der Waals surface area contributed by atoms with Crippen molar-refractivity contribution in [2.24, 2.45) is 0 Å². The molecule has 0 aliphatic carbocycles. The third-order valence-electron chi connectivity index (χ3n) is 2.41. The Morgan fingerprint density at radius 3 is 2.20 bits per heavy atom. The summed E-state index contributed by atoms with van der Waals surface area (Å²) in [4.78, 5) is 24.3. The summed E-state index contributed by atoms with van der Waals surface area (Å²) in [6.07, 6.45) is 1.17. The Labute approximate surface area is 92.0 Å². The zero-order valence-electron chi connectivity index (χ0n) is 10.0. The smallest absolute Gasteiger partial charge is 0.287 e.